The molecule has 24 heavy (non-hydrogen) atoms. The van der Waals surface area contributed by atoms with Gasteiger partial charge in [-0.2, -0.15) is 5.26 Å². The number of hydrogen-bond donors (Lipinski definition) is 0. The molecular formula is C22H24N2. The van der Waals surface area contributed by atoms with Crippen molar-refractivity contribution in [3.8, 4) is 17.2 Å². The van der Waals surface area contributed by atoms with Crippen molar-refractivity contribution in [2.24, 2.45) is 5.92 Å². The molecular weight excluding hydrogens is 292 g/mol. The molecule has 1 saturated carbocycles. The maximum atomic E-state index is 8.89. The van der Waals surface area contributed by atoms with Gasteiger partial charge in [0.15, 0.2) is 0 Å². The first kappa shape index (κ1) is 15.4. The molecule has 1 aliphatic heterocycles. The second-order valence-electron chi connectivity index (χ2n) is 7.40. The zero-order valence-electron chi connectivity index (χ0n) is 14.3. The summed E-state index contributed by atoms with van der Waals surface area (Å²) in [7, 11) is 0. The Hall–Kier alpha value is -2.11. The highest BCUT2D eigenvalue weighted by Gasteiger charge is 2.40. The number of benzene rings is 2. The third-order valence-corrected chi connectivity index (χ3v) is 5.77. The highest BCUT2D eigenvalue weighted by Crippen LogP contribution is 2.48. The Morgan fingerprint density at radius 2 is 1.71 bits per heavy atom. The van der Waals surface area contributed by atoms with Gasteiger partial charge in [0.2, 0.25) is 0 Å². The van der Waals surface area contributed by atoms with Gasteiger partial charge in [0.25, 0.3) is 0 Å². The normalized spacial score (nSPS) is 26.2. The SMILES string of the molecule is C[C@@H]1CCCN1C[C@H]1C[C@@H]1c1ccc(-c2ccc(C#N)cc2)cc1. The van der Waals surface area contributed by atoms with Crippen LogP contribution in [0.2, 0.25) is 0 Å². The Balaban J connectivity index is 1.40. The summed E-state index contributed by atoms with van der Waals surface area (Å²) in [4.78, 5) is 2.68. The van der Waals surface area contributed by atoms with Crippen molar-refractivity contribution >= 4 is 0 Å². The molecule has 2 aliphatic rings. The Bertz CT molecular complexity index is 739. The molecule has 2 heteroatoms. The molecule has 1 heterocycles. The molecule has 2 aromatic carbocycles. The monoisotopic (exact) mass is 316 g/mol. The first-order valence-corrected chi connectivity index (χ1v) is 9.09. The number of rotatable bonds is 4. The molecule has 1 saturated heterocycles. The Morgan fingerprint density at radius 3 is 2.29 bits per heavy atom. The van der Waals surface area contributed by atoms with Gasteiger partial charge in [-0.15, -0.1) is 0 Å². The first-order chi connectivity index (χ1) is 11.7. The van der Waals surface area contributed by atoms with Crippen LogP contribution in [0.1, 0.15) is 43.2 Å². The van der Waals surface area contributed by atoms with Crippen LogP contribution < -0.4 is 0 Å². The molecule has 2 nitrogen and oxygen atoms in total. The van der Waals surface area contributed by atoms with E-state index < -0.39 is 0 Å². The van der Waals surface area contributed by atoms with E-state index in [-0.39, 0.29) is 0 Å². The predicted molar refractivity (Wildman–Crippen MR) is 97.7 cm³/mol. The van der Waals surface area contributed by atoms with Crippen molar-refractivity contribution in [3.05, 3.63) is 59.7 Å². The van der Waals surface area contributed by atoms with E-state index in [9.17, 15) is 0 Å². The van der Waals surface area contributed by atoms with Crippen LogP contribution in [0, 0.1) is 17.2 Å². The minimum absolute atomic E-state index is 0.715. The third-order valence-electron chi connectivity index (χ3n) is 5.77. The average molecular weight is 316 g/mol. The zero-order valence-corrected chi connectivity index (χ0v) is 14.3. The molecule has 0 radical (unpaired) electrons. The van der Waals surface area contributed by atoms with E-state index in [1.807, 2.05) is 24.3 Å². The summed E-state index contributed by atoms with van der Waals surface area (Å²) >= 11 is 0. The minimum atomic E-state index is 0.715. The Morgan fingerprint density at radius 1 is 1.04 bits per heavy atom. The number of nitriles is 1. The van der Waals surface area contributed by atoms with Gasteiger partial charge in [-0.25, -0.2) is 0 Å². The van der Waals surface area contributed by atoms with E-state index in [2.05, 4.69) is 42.2 Å². The van der Waals surface area contributed by atoms with Crippen molar-refractivity contribution in [1.29, 1.82) is 5.26 Å². The summed E-state index contributed by atoms with van der Waals surface area (Å²) < 4.78 is 0. The molecule has 0 unspecified atom stereocenters. The van der Waals surface area contributed by atoms with Crippen molar-refractivity contribution in [3.63, 3.8) is 0 Å². The van der Waals surface area contributed by atoms with E-state index >= 15 is 0 Å². The summed E-state index contributed by atoms with van der Waals surface area (Å²) in [6.07, 6.45) is 4.09. The van der Waals surface area contributed by atoms with E-state index in [0.717, 1.165) is 17.9 Å². The highest BCUT2D eigenvalue weighted by atomic mass is 15.2. The first-order valence-electron chi connectivity index (χ1n) is 9.09. The van der Waals surface area contributed by atoms with Gasteiger partial charge in [-0.05, 0) is 73.4 Å². The molecule has 0 bridgehead atoms. The zero-order chi connectivity index (χ0) is 16.5. The summed E-state index contributed by atoms with van der Waals surface area (Å²) in [5, 5.41) is 8.89. The van der Waals surface area contributed by atoms with E-state index in [4.69, 9.17) is 5.26 Å². The summed E-state index contributed by atoms with van der Waals surface area (Å²) in [6.45, 7) is 4.95. The van der Waals surface area contributed by atoms with Gasteiger partial charge < -0.3 is 4.90 Å². The van der Waals surface area contributed by atoms with Gasteiger partial charge in [-0.1, -0.05) is 36.4 Å². The van der Waals surface area contributed by atoms with Crippen LogP contribution >= 0.6 is 0 Å². The van der Waals surface area contributed by atoms with E-state index in [1.165, 1.54) is 49.0 Å². The standard InChI is InChI=1S/C22H24N2/c1-16-3-2-12-24(16)15-21-13-22(21)20-10-8-19(9-11-20)18-6-4-17(14-23)5-7-18/h4-11,16,21-22H,2-3,12-13,15H2,1H3/t16-,21-,22-/m1/s1. The van der Waals surface area contributed by atoms with Crippen LogP contribution in [0.25, 0.3) is 11.1 Å². The maximum Gasteiger partial charge on any atom is 0.0991 e. The van der Waals surface area contributed by atoms with Crippen LogP contribution in [0.15, 0.2) is 48.5 Å². The minimum Gasteiger partial charge on any atom is -0.300 e. The second kappa shape index (κ2) is 6.42. The molecule has 122 valence electrons. The maximum absolute atomic E-state index is 8.89. The molecule has 2 fully saturated rings. The molecule has 4 rings (SSSR count). The number of likely N-dealkylation sites (tertiary alicyclic amines) is 1. The summed E-state index contributed by atoms with van der Waals surface area (Å²) in [5.41, 5.74) is 4.61. The van der Waals surface area contributed by atoms with Crippen LogP contribution in [-0.4, -0.2) is 24.0 Å². The van der Waals surface area contributed by atoms with Gasteiger partial charge in [-0.3, -0.25) is 0 Å². The fourth-order valence-corrected chi connectivity index (χ4v) is 4.08. The fraction of sp³-hybridized carbons (Fsp3) is 0.409. The van der Waals surface area contributed by atoms with Gasteiger partial charge in [0.1, 0.15) is 0 Å². The second-order valence-corrected chi connectivity index (χ2v) is 7.40. The van der Waals surface area contributed by atoms with Gasteiger partial charge in [0, 0.05) is 12.6 Å². The van der Waals surface area contributed by atoms with Crippen LogP contribution in [0.5, 0.6) is 0 Å². The van der Waals surface area contributed by atoms with Crippen molar-refractivity contribution in [1.82, 2.24) is 4.90 Å². The Kier molecular flexibility index (Phi) is 4.12. The lowest BCUT2D eigenvalue weighted by Gasteiger charge is -2.20. The molecule has 2 aromatic rings. The molecule has 0 N–H and O–H groups in total. The molecule has 3 atom stereocenters. The molecule has 0 aromatic heterocycles. The van der Waals surface area contributed by atoms with Crippen LogP contribution in [-0.2, 0) is 0 Å². The smallest absolute Gasteiger partial charge is 0.0991 e. The topological polar surface area (TPSA) is 27.0 Å². The van der Waals surface area contributed by atoms with Gasteiger partial charge >= 0.3 is 0 Å². The van der Waals surface area contributed by atoms with Crippen LogP contribution in [0.4, 0.5) is 0 Å². The van der Waals surface area contributed by atoms with Crippen molar-refractivity contribution in [2.75, 3.05) is 13.1 Å². The fourth-order valence-electron chi connectivity index (χ4n) is 4.08. The summed E-state index contributed by atoms with van der Waals surface area (Å²) in [6, 6.07) is 19.8. The van der Waals surface area contributed by atoms with Gasteiger partial charge in [0.05, 0.1) is 11.6 Å². The quantitative estimate of drug-likeness (QED) is 0.809. The van der Waals surface area contributed by atoms with Crippen molar-refractivity contribution < 1.29 is 0 Å². The lowest BCUT2D eigenvalue weighted by Crippen LogP contribution is -2.29. The lowest BCUT2D eigenvalue weighted by atomic mass is 10.0. The molecule has 0 spiro atoms. The van der Waals surface area contributed by atoms with Crippen LogP contribution in [0.3, 0.4) is 0 Å². The molecule has 1 aliphatic carbocycles. The van der Waals surface area contributed by atoms with E-state index in [1.54, 1.807) is 0 Å². The molecule has 0 amide bonds. The largest absolute Gasteiger partial charge is 0.300 e. The summed E-state index contributed by atoms with van der Waals surface area (Å²) in [5.74, 6) is 1.61. The Labute approximate surface area is 144 Å². The van der Waals surface area contributed by atoms with Crippen molar-refractivity contribution in [2.45, 2.75) is 38.1 Å². The lowest BCUT2D eigenvalue weighted by molar-refractivity contribution is 0.256. The number of hydrogen-bond acceptors (Lipinski definition) is 2. The highest BCUT2D eigenvalue weighted by molar-refractivity contribution is 5.64. The number of nitrogens with zero attached hydrogens (tertiary/aromatic N) is 2. The third kappa shape index (κ3) is 3.09. The average Bonchev–Trinajstić information content (AvgIpc) is 3.29. The predicted octanol–water partition coefficient (Wildman–Crippen LogP) is 4.81. The van der Waals surface area contributed by atoms with E-state index in [0.29, 0.717) is 5.56 Å².